The molecule has 0 aromatic carbocycles. The van der Waals surface area contributed by atoms with Gasteiger partial charge in [-0.15, -0.1) is 0 Å². The van der Waals surface area contributed by atoms with Gasteiger partial charge in [0.1, 0.15) is 18.8 Å². The summed E-state index contributed by atoms with van der Waals surface area (Å²) in [6.45, 7) is 5.69. The summed E-state index contributed by atoms with van der Waals surface area (Å²) in [7, 11) is 0. The zero-order valence-electron chi connectivity index (χ0n) is 13.8. The first-order valence-corrected chi connectivity index (χ1v) is 6.88. The van der Waals surface area contributed by atoms with Gasteiger partial charge in [0.05, 0.1) is 0 Å². The molecule has 0 aromatic heterocycles. The predicted octanol–water partition coefficient (Wildman–Crippen LogP) is 0.339. The molecule has 0 saturated carbocycles. The van der Waals surface area contributed by atoms with E-state index in [0.29, 0.717) is 0 Å². The van der Waals surface area contributed by atoms with Gasteiger partial charge < -0.3 is 23.7 Å². The highest BCUT2D eigenvalue weighted by atomic mass is 16.7. The molecule has 0 heterocycles. The molecular formula is C14H22O9. The van der Waals surface area contributed by atoms with Crippen molar-refractivity contribution in [2.75, 3.05) is 13.2 Å². The minimum atomic E-state index is -1.23. The number of carbonyl (C=O) groups is 4. The van der Waals surface area contributed by atoms with E-state index in [9.17, 15) is 19.2 Å². The van der Waals surface area contributed by atoms with E-state index in [1.165, 1.54) is 27.7 Å². The summed E-state index contributed by atoms with van der Waals surface area (Å²) in [6.07, 6.45) is -2.93. The second kappa shape index (κ2) is 10.5. The molecule has 0 saturated heterocycles. The molecule has 0 radical (unpaired) electrons. The highest BCUT2D eigenvalue weighted by Crippen LogP contribution is 2.11. The Balaban J connectivity index is 4.91. The quantitative estimate of drug-likeness (QED) is 0.334. The summed E-state index contributed by atoms with van der Waals surface area (Å²) < 4.78 is 24.9. The third-order valence-electron chi connectivity index (χ3n) is 2.37. The van der Waals surface area contributed by atoms with Gasteiger partial charge in [-0.25, -0.2) is 0 Å². The first-order chi connectivity index (χ1) is 10.6. The Labute approximate surface area is 134 Å². The minimum absolute atomic E-state index is 0.235. The summed E-state index contributed by atoms with van der Waals surface area (Å²) in [6, 6.07) is 0. The van der Waals surface area contributed by atoms with Crippen molar-refractivity contribution in [1.82, 2.24) is 0 Å². The monoisotopic (exact) mass is 334 g/mol. The van der Waals surface area contributed by atoms with Crippen LogP contribution in [-0.2, 0) is 42.9 Å². The SMILES string of the molecule is CC(=O)OCC(O[C@H](COC(C)=O)OC(C)=O)[C@@H](C)OC(C)=O. The Bertz CT molecular complexity index is 432. The molecule has 0 aromatic rings. The van der Waals surface area contributed by atoms with E-state index in [4.69, 9.17) is 23.7 Å². The van der Waals surface area contributed by atoms with E-state index in [1.807, 2.05) is 0 Å². The van der Waals surface area contributed by atoms with Crippen molar-refractivity contribution in [1.29, 1.82) is 0 Å². The Kier molecular flexibility index (Phi) is 9.56. The highest BCUT2D eigenvalue weighted by Gasteiger charge is 2.28. The third kappa shape index (κ3) is 11.1. The lowest BCUT2D eigenvalue weighted by Crippen LogP contribution is -2.41. The fraction of sp³-hybridized carbons (Fsp3) is 0.714. The maximum Gasteiger partial charge on any atom is 0.305 e. The Morgan fingerprint density at radius 2 is 1.22 bits per heavy atom. The van der Waals surface area contributed by atoms with Gasteiger partial charge in [-0.2, -0.15) is 0 Å². The van der Waals surface area contributed by atoms with E-state index in [-0.39, 0.29) is 13.2 Å². The molecular weight excluding hydrogens is 312 g/mol. The Morgan fingerprint density at radius 3 is 1.65 bits per heavy atom. The van der Waals surface area contributed by atoms with Crippen LogP contribution in [0.25, 0.3) is 0 Å². The topological polar surface area (TPSA) is 114 Å². The Morgan fingerprint density at radius 1 is 0.739 bits per heavy atom. The summed E-state index contributed by atoms with van der Waals surface area (Å²) in [5.74, 6) is -2.36. The summed E-state index contributed by atoms with van der Waals surface area (Å²) >= 11 is 0. The van der Waals surface area contributed by atoms with E-state index in [1.54, 1.807) is 0 Å². The van der Waals surface area contributed by atoms with Gasteiger partial charge in [0.25, 0.3) is 0 Å². The molecule has 3 atom stereocenters. The first-order valence-electron chi connectivity index (χ1n) is 6.88. The van der Waals surface area contributed by atoms with Gasteiger partial charge in [0.2, 0.25) is 6.29 Å². The van der Waals surface area contributed by atoms with E-state index in [2.05, 4.69) is 0 Å². The van der Waals surface area contributed by atoms with E-state index in [0.717, 1.165) is 6.92 Å². The van der Waals surface area contributed by atoms with Gasteiger partial charge in [0.15, 0.2) is 6.61 Å². The van der Waals surface area contributed by atoms with E-state index >= 15 is 0 Å². The number of hydrogen-bond acceptors (Lipinski definition) is 9. The smallest absolute Gasteiger partial charge is 0.305 e. The molecule has 0 aliphatic rings. The lowest BCUT2D eigenvalue weighted by Gasteiger charge is -2.27. The number of rotatable bonds is 9. The molecule has 0 aliphatic carbocycles. The van der Waals surface area contributed by atoms with Gasteiger partial charge >= 0.3 is 23.9 Å². The number of hydrogen-bond donors (Lipinski definition) is 0. The fourth-order valence-electron chi connectivity index (χ4n) is 1.49. The molecule has 0 fully saturated rings. The van der Waals surface area contributed by atoms with Gasteiger partial charge in [0, 0.05) is 27.7 Å². The normalized spacial score (nSPS) is 14.1. The van der Waals surface area contributed by atoms with Crippen LogP contribution in [-0.4, -0.2) is 55.6 Å². The summed E-state index contributed by atoms with van der Waals surface area (Å²) in [5.41, 5.74) is 0. The molecule has 9 heteroatoms. The van der Waals surface area contributed by atoms with Crippen LogP contribution < -0.4 is 0 Å². The maximum atomic E-state index is 11.1. The highest BCUT2D eigenvalue weighted by molar-refractivity contribution is 5.67. The van der Waals surface area contributed by atoms with Crippen molar-refractivity contribution in [3.63, 3.8) is 0 Å². The average Bonchev–Trinajstić information content (AvgIpc) is 2.38. The minimum Gasteiger partial charge on any atom is -0.463 e. The molecule has 1 unspecified atom stereocenters. The summed E-state index contributed by atoms with van der Waals surface area (Å²) in [4.78, 5) is 43.9. The van der Waals surface area contributed by atoms with E-state index < -0.39 is 42.4 Å². The second-order valence-electron chi connectivity index (χ2n) is 4.63. The second-order valence-corrected chi connectivity index (χ2v) is 4.63. The molecule has 0 bridgehead atoms. The van der Waals surface area contributed by atoms with Gasteiger partial charge in [-0.05, 0) is 6.92 Å². The largest absolute Gasteiger partial charge is 0.463 e. The molecule has 132 valence electrons. The lowest BCUT2D eigenvalue weighted by atomic mass is 10.2. The number of ether oxygens (including phenoxy) is 5. The third-order valence-corrected chi connectivity index (χ3v) is 2.37. The lowest BCUT2D eigenvalue weighted by molar-refractivity contribution is -0.223. The van der Waals surface area contributed by atoms with Crippen LogP contribution >= 0.6 is 0 Å². The van der Waals surface area contributed by atoms with Crippen LogP contribution in [0.5, 0.6) is 0 Å². The van der Waals surface area contributed by atoms with Crippen LogP contribution in [0.2, 0.25) is 0 Å². The van der Waals surface area contributed by atoms with Crippen molar-refractivity contribution < 1.29 is 42.9 Å². The zero-order valence-corrected chi connectivity index (χ0v) is 13.8. The molecule has 0 rings (SSSR count). The number of carbonyl (C=O) groups excluding carboxylic acids is 4. The van der Waals surface area contributed by atoms with Crippen LogP contribution in [0.1, 0.15) is 34.6 Å². The van der Waals surface area contributed by atoms with Crippen LogP contribution in [0.3, 0.4) is 0 Å². The van der Waals surface area contributed by atoms with Crippen LogP contribution in [0, 0.1) is 0 Å². The molecule has 0 aliphatic heterocycles. The average molecular weight is 334 g/mol. The molecule has 23 heavy (non-hydrogen) atoms. The van der Waals surface area contributed by atoms with Gasteiger partial charge in [-0.3, -0.25) is 19.2 Å². The molecule has 9 nitrogen and oxygen atoms in total. The van der Waals surface area contributed by atoms with Crippen molar-refractivity contribution in [3.8, 4) is 0 Å². The van der Waals surface area contributed by atoms with Crippen LogP contribution in [0.4, 0.5) is 0 Å². The van der Waals surface area contributed by atoms with Gasteiger partial charge in [-0.1, -0.05) is 0 Å². The molecule has 0 spiro atoms. The van der Waals surface area contributed by atoms with Crippen molar-refractivity contribution >= 4 is 23.9 Å². The molecule has 0 N–H and O–H groups in total. The van der Waals surface area contributed by atoms with Crippen molar-refractivity contribution in [2.45, 2.75) is 53.1 Å². The van der Waals surface area contributed by atoms with Crippen LogP contribution in [0.15, 0.2) is 0 Å². The Hall–Kier alpha value is -2.16. The standard InChI is InChI=1S/C14H22O9/c1-8(21-11(4)17)13(6-19-9(2)15)23-14(22-12(5)18)7-20-10(3)16/h8,13-14H,6-7H2,1-5H3/t8-,13?,14-/m1/s1. The summed E-state index contributed by atoms with van der Waals surface area (Å²) in [5, 5.41) is 0. The first kappa shape index (κ1) is 20.8. The fourth-order valence-corrected chi connectivity index (χ4v) is 1.49. The predicted molar refractivity (Wildman–Crippen MR) is 74.9 cm³/mol. The zero-order chi connectivity index (χ0) is 18.0. The maximum absolute atomic E-state index is 11.1. The number of esters is 4. The van der Waals surface area contributed by atoms with Crippen molar-refractivity contribution in [2.24, 2.45) is 0 Å². The molecule has 0 amide bonds. The van der Waals surface area contributed by atoms with Crippen molar-refractivity contribution in [3.05, 3.63) is 0 Å².